The normalized spacial score (nSPS) is 22.1. The lowest BCUT2D eigenvalue weighted by molar-refractivity contribution is 0.0911. The zero-order valence-electron chi connectivity index (χ0n) is 12.0. The van der Waals surface area contributed by atoms with E-state index in [1.165, 1.54) is 12.7 Å². The van der Waals surface area contributed by atoms with Gasteiger partial charge < -0.3 is 20.0 Å². The molecule has 1 amide bonds. The van der Waals surface area contributed by atoms with Crippen LogP contribution in [0.5, 0.6) is 0 Å². The zero-order valence-corrected chi connectivity index (χ0v) is 12.0. The van der Waals surface area contributed by atoms with Crippen LogP contribution < -0.4 is 11.1 Å². The van der Waals surface area contributed by atoms with Crippen molar-refractivity contribution in [1.29, 1.82) is 0 Å². The van der Waals surface area contributed by atoms with Gasteiger partial charge in [-0.15, -0.1) is 0 Å². The van der Waals surface area contributed by atoms with Gasteiger partial charge in [0.25, 0.3) is 5.91 Å². The fourth-order valence-electron chi connectivity index (χ4n) is 2.87. The highest BCUT2D eigenvalue weighted by molar-refractivity contribution is 6.03. The number of rotatable bonds is 3. The van der Waals surface area contributed by atoms with Crippen molar-refractivity contribution in [3.63, 3.8) is 0 Å². The van der Waals surface area contributed by atoms with Crippen LogP contribution in [-0.2, 0) is 0 Å². The molecule has 2 aromatic heterocycles. The number of carbonyl (C=O) groups excluding carboxylic acids is 1. The molecule has 1 aliphatic carbocycles. The van der Waals surface area contributed by atoms with Crippen molar-refractivity contribution >= 4 is 11.8 Å². The highest BCUT2D eigenvalue weighted by atomic mass is 16.5. The van der Waals surface area contributed by atoms with Crippen LogP contribution in [-0.4, -0.2) is 17.1 Å². The van der Waals surface area contributed by atoms with Gasteiger partial charge >= 0.3 is 0 Å². The first-order valence-electron chi connectivity index (χ1n) is 7.26. The first kappa shape index (κ1) is 13.7. The maximum absolute atomic E-state index is 12.5. The van der Waals surface area contributed by atoms with Crippen molar-refractivity contribution in [3.05, 3.63) is 24.0 Å². The molecule has 0 aromatic carbocycles. The molecule has 0 bridgehead atoms. The highest BCUT2D eigenvalue weighted by Gasteiger charge is 2.28. The smallest absolute Gasteiger partial charge is 0.259 e. The summed E-state index contributed by atoms with van der Waals surface area (Å²) < 4.78 is 10.2. The second-order valence-electron chi connectivity index (χ2n) is 5.59. The summed E-state index contributed by atoms with van der Waals surface area (Å²) in [6.45, 7) is 2.16. The van der Waals surface area contributed by atoms with E-state index in [1.807, 2.05) is 0 Å². The van der Waals surface area contributed by atoms with Gasteiger partial charge in [-0.3, -0.25) is 4.79 Å². The van der Waals surface area contributed by atoms with Crippen LogP contribution in [0, 0.1) is 5.92 Å². The molecular weight excluding hydrogens is 270 g/mol. The van der Waals surface area contributed by atoms with Crippen molar-refractivity contribution in [1.82, 2.24) is 10.5 Å². The van der Waals surface area contributed by atoms with E-state index in [4.69, 9.17) is 14.7 Å². The summed E-state index contributed by atoms with van der Waals surface area (Å²) in [6, 6.07) is 3.62. The van der Waals surface area contributed by atoms with Crippen LogP contribution in [0.2, 0.25) is 0 Å². The van der Waals surface area contributed by atoms with E-state index in [2.05, 4.69) is 17.4 Å². The molecule has 2 atom stereocenters. The fourth-order valence-corrected chi connectivity index (χ4v) is 2.87. The number of anilines is 1. The molecule has 0 saturated heterocycles. The van der Waals surface area contributed by atoms with Crippen LogP contribution in [0.15, 0.2) is 27.3 Å². The average Bonchev–Trinajstić information content (AvgIpc) is 3.10. The van der Waals surface area contributed by atoms with Crippen molar-refractivity contribution < 1.29 is 13.7 Å². The zero-order chi connectivity index (χ0) is 14.8. The Balaban J connectivity index is 1.83. The quantitative estimate of drug-likeness (QED) is 0.906. The summed E-state index contributed by atoms with van der Waals surface area (Å²) in [5, 5.41) is 6.89. The summed E-state index contributed by atoms with van der Waals surface area (Å²) in [7, 11) is 0. The summed E-state index contributed by atoms with van der Waals surface area (Å²) in [4.78, 5) is 12.5. The van der Waals surface area contributed by atoms with E-state index < -0.39 is 0 Å². The molecule has 0 aliphatic heterocycles. The minimum absolute atomic E-state index is 0.0161. The molecular formula is C15H19N3O3. The van der Waals surface area contributed by atoms with Gasteiger partial charge in [-0.05, 0) is 30.9 Å². The largest absolute Gasteiger partial charge is 0.463 e. The monoisotopic (exact) mass is 289 g/mol. The number of amides is 1. The van der Waals surface area contributed by atoms with Gasteiger partial charge in [0.1, 0.15) is 5.56 Å². The maximum atomic E-state index is 12.5. The molecule has 2 aromatic rings. The van der Waals surface area contributed by atoms with E-state index in [9.17, 15) is 4.79 Å². The SMILES string of the molecule is CC1CCCCC1NC(=O)c1c(-c2ccco2)noc1N. The highest BCUT2D eigenvalue weighted by Crippen LogP contribution is 2.29. The molecule has 2 heterocycles. The van der Waals surface area contributed by atoms with E-state index >= 15 is 0 Å². The van der Waals surface area contributed by atoms with Crippen LogP contribution in [0.4, 0.5) is 5.88 Å². The predicted molar refractivity (Wildman–Crippen MR) is 77.5 cm³/mol. The number of nitrogens with one attached hydrogen (secondary N) is 1. The number of hydrogen-bond acceptors (Lipinski definition) is 5. The van der Waals surface area contributed by atoms with Gasteiger partial charge in [0.05, 0.1) is 6.26 Å². The number of furan rings is 1. The lowest BCUT2D eigenvalue weighted by Gasteiger charge is -2.29. The summed E-state index contributed by atoms with van der Waals surface area (Å²) in [5.74, 6) is 0.703. The second kappa shape index (κ2) is 5.63. The number of aromatic nitrogens is 1. The number of nitrogens with two attached hydrogens (primary N) is 1. The van der Waals surface area contributed by atoms with Gasteiger partial charge in [0, 0.05) is 6.04 Å². The Morgan fingerprint density at radius 1 is 1.43 bits per heavy atom. The third-order valence-electron chi connectivity index (χ3n) is 4.13. The molecule has 1 aliphatic rings. The second-order valence-corrected chi connectivity index (χ2v) is 5.59. The van der Waals surface area contributed by atoms with Gasteiger partial charge in [-0.2, -0.15) is 0 Å². The number of hydrogen-bond donors (Lipinski definition) is 2. The fraction of sp³-hybridized carbons (Fsp3) is 0.467. The lowest BCUT2D eigenvalue weighted by atomic mass is 9.86. The predicted octanol–water partition coefficient (Wildman–Crippen LogP) is 2.83. The van der Waals surface area contributed by atoms with E-state index in [0.29, 0.717) is 17.4 Å². The summed E-state index contributed by atoms with van der Waals surface area (Å²) >= 11 is 0. The van der Waals surface area contributed by atoms with Crippen LogP contribution in [0.1, 0.15) is 43.0 Å². The average molecular weight is 289 g/mol. The molecule has 6 heteroatoms. The van der Waals surface area contributed by atoms with Crippen LogP contribution in [0.3, 0.4) is 0 Å². The van der Waals surface area contributed by atoms with Gasteiger partial charge in [-0.1, -0.05) is 24.9 Å². The Hall–Kier alpha value is -2.24. The Labute approximate surface area is 122 Å². The Morgan fingerprint density at radius 2 is 2.24 bits per heavy atom. The molecule has 1 saturated carbocycles. The van der Waals surface area contributed by atoms with Crippen molar-refractivity contribution in [2.75, 3.05) is 5.73 Å². The van der Waals surface area contributed by atoms with Crippen molar-refractivity contribution in [2.24, 2.45) is 5.92 Å². The molecule has 0 radical (unpaired) electrons. The Bertz CT molecular complexity index is 618. The van der Waals surface area contributed by atoms with Gasteiger partial charge in [0.2, 0.25) is 5.88 Å². The Kier molecular flexibility index (Phi) is 3.68. The molecule has 112 valence electrons. The number of nitrogens with zero attached hydrogens (tertiary/aromatic N) is 1. The topological polar surface area (TPSA) is 94.3 Å². The van der Waals surface area contributed by atoms with Gasteiger partial charge in [0.15, 0.2) is 11.5 Å². The minimum Gasteiger partial charge on any atom is -0.463 e. The van der Waals surface area contributed by atoms with E-state index in [1.54, 1.807) is 12.1 Å². The molecule has 2 unspecified atom stereocenters. The third kappa shape index (κ3) is 2.66. The minimum atomic E-state index is -0.251. The van der Waals surface area contributed by atoms with Crippen molar-refractivity contribution in [3.8, 4) is 11.5 Å². The molecule has 1 fully saturated rings. The first-order valence-corrected chi connectivity index (χ1v) is 7.26. The first-order chi connectivity index (χ1) is 10.2. The molecule has 3 rings (SSSR count). The summed E-state index contributed by atoms with van der Waals surface area (Å²) in [6.07, 6.45) is 6.01. The van der Waals surface area contributed by atoms with Crippen LogP contribution >= 0.6 is 0 Å². The number of nitrogen functional groups attached to an aromatic ring is 1. The number of carbonyl (C=O) groups is 1. The molecule has 6 nitrogen and oxygen atoms in total. The lowest BCUT2D eigenvalue weighted by Crippen LogP contribution is -2.41. The molecule has 0 spiro atoms. The third-order valence-corrected chi connectivity index (χ3v) is 4.13. The maximum Gasteiger partial charge on any atom is 0.259 e. The van der Waals surface area contributed by atoms with E-state index in [0.717, 1.165) is 19.3 Å². The van der Waals surface area contributed by atoms with Crippen LogP contribution in [0.25, 0.3) is 11.5 Å². The van der Waals surface area contributed by atoms with Crippen molar-refractivity contribution in [2.45, 2.75) is 38.6 Å². The summed E-state index contributed by atoms with van der Waals surface area (Å²) in [5.41, 5.74) is 6.35. The van der Waals surface area contributed by atoms with Gasteiger partial charge in [-0.25, -0.2) is 0 Å². The molecule has 21 heavy (non-hydrogen) atoms. The molecule has 3 N–H and O–H groups in total. The van der Waals surface area contributed by atoms with E-state index in [-0.39, 0.29) is 23.4 Å². The Morgan fingerprint density at radius 3 is 2.95 bits per heavy atom. The standard InChI is InChI=1S/C15H19N3O3/c1-9-5-2-3-6-10(9)17-15(19)12-13(18-21-14(12)16)11-7-4-8-20-11/h4,7-10H,2-3,5-6,16H2,1H3,(H,17,19).